The van der Waals surface area contributed by atoms with Crippen LogP contribution in [0.1, 0.15) is 30.4 Å². The van der Waals surface area contributed by atoms with E-state index in [-0.39, 0.29) is 5.91 Å². The van der Waals surface area contributed by atoms with Gasteiger partial charge < -0.3 is 19.7 Å². The minimum atomic E-state index is 0.0309. The lowest BCUT2D eigenvalue weighted by molar-refractivity contribution is -0.121. The third kappa shape index (κ3) is 7.38. The van der Waals surface area contributed by atoms with Gasteiger partial charge in [0.2, 0.25) is 5.91 Å². The Kier molecular flexibility index (Phi) is 8.84. The number of nitrogens with zero attached hydrogens (tertiary/aromatic N) is 2. The Labute approximate surface area is 173 Å². The second-order valence-electron chi connectivity index (χ2n) is 6.94. The second-order valence-corrected chi connectivity index (χ2v) is 6.94. The molecule has 0 unspecified atom stereocenters. The largest absolute Gasteiger partial charge is 0.493 e. The van der Waals surface area contributed by atoms with Crippen LogP contribution in [0.2, 0.25) is 0 Å². The van der Waals surface area contributed by atoms with E-state index < -0.39 is 0 Å². The summed E-state index contributed by atoms with van der Waals surface area (Å²) in [6.07, 6.45) is 2.87. The third-order valence-electron chi connectivity index (χ3n) is 4.52. The number of methoxy groups -OCH3 is 1. The Morgan fingerprint density at radius 2 is 1.86 bits per heavy atom. The summed E-state index contributed by atoms with van der Waals surface area (Å²) in [5.41, 5.74) is 2.97. The molecule has 0 heterocycles. The zero-order valence-electron chi connectivity index (χ0n) is 17.4. The first-order chi connectivity index (χ1) is 14.0. The lowest BCUT2D eigenvalue weighted by Crippen LogP contribution is -2.24. The summed E-state index contributed by atoms with van der Waals surface area (Å²) in [4.78, 5) is 14.0. The highest BCUT2D eigenvalue weighted by atomic mass is 16.5. The van der Waals surface area contributed by atoms with Gasteiger partial charge in [0.25, 0.3) is 0 Å². The van der Waals surface area contributed by atoms with Gasteiger partial charge in [0.1, 0.15) is 0 Å². The summed E-state index contributed by atoms with van der Waals surface area (Å²) in [6, 6.07) is 15.6. The number of hydrogen-bond donors (Lipinski definition) is 1. The van der Waals surface area contributed by atoms with E-state index in [1.165, 1.54) is 18.4 Å². The number of hydrogen-bond acceptors (Lipinski definition) is 5. The van der Waals surface area contributed by atoms with E-state index in [4.69, 9.17) is 14.7 Å². The molecule has 29 heavy (non-hydrogen) atoms. The van der Waals surface area contributed by atoms with Gasteiger partial charge in [-0.3, -0.25) is 4.79 Å². The van der Waals surface area contributed by atoms with Crippen LogP contribution in [0, 0.1) is 11.3 Å². The van der Waals surface area contributed by atoms with Crippen molar-refractivity contribution >= 4 is 11.6 Å². The van der Waals surface area contributed by atoms with Crippen LogP contribution in [-0.4, -0.2) is 40.3 Å². The number of anilines is 1. The first kappa shape index (κ1) is 22.1. The third-order valence-corrected chi connectivity index (χ3v) is 4.52. The van der Waals surface area contributed by atoms with Crippen molar-refractivity contribution in [1.82, 2.24) is 5.32 Å². The first-order valence-electron chi connectivity index (χ1n) is 9.77. The van der Waals surface area contributed by atoms with E-state index in [0.717, 1.165) is 12.8 Å². The molecule has 1 amide bonds. The highest BCUT2D eigenvalue weighted by Gasteiger charge is 2.07. The van der Waals surface area contributed by atoms with E-state index in [2.05, 4.69) is 40.6 Å². The predicted octanol–water partition coefficient (Wildman–Crippen LogP) is 3.54. The average molecular weight is 396 g/mol. The molecule has 0 saturated heterocycles. The van der Waals surface area contributed by atoms with Gasteiger partial charge in [0.15, 0.2) is 11.5 Å². The minimum absolute atomic E-state index is 0.0309. The number of aryl methyl sites for hydroxylation is 1. The fraction of sp³-hybridized carbons (Fsp3) is 0.391. The zero-order valence-corrected chi connectivity index (χ0v) is 17.4. The molecule has 0 atom stereocenters. The lowest BCUT2D eigenvalue weighted by Gasteiger charge is -2.12. The molecular formula is C23H29N3O3. The fourth-order valence-electron chi connectivity index (χ4n) is 2.84. The number of amides is 1. The number of rotatable bonds is 11. The Hall–Kier alpha value is -3.20. The standard InChI is InChI=1S/C23H29N3O3/c1-26(2)20-11-8-18(9-12-20)6-4-14-25-23(27)7-5-15-29-21-13-10-19(17-24)16-22(21)28-3/h8-13,16H,4-7,14-15H2,1-3H3,(H,25,27). The molecule has 0 aromatic heterocycles. The zero-order chi connectivity index (χ0) is 21.1. The summed E-state index contributed by atoms with van der Waals surface area (Å²) in [5.74, 6) is 1.13. The van der Waals surface area contributed by atoms with Crippen molar-refractivity contribution in [1.29, 1.82) is 5.26 Å². The van der Waals surface area contributed by atoms with Crippen molar-refractivity contribution in [2.24, 2.45) is 0 Å². The highest BCUT2D eigenvalue weighted by Crippen LogP contribution is 2.27. The smallest absolute Gasteiger partial charge is 0.220 e. The fourth-order valence-corrected chi connectivity index (χ4v) is 2.84. The van der Waals surface area contributed by atoms with Crippen LogP contribution in [0.3, 0.4) is 0 Å². The SMILES string of the molecule is COc1cc(C#N)ccc1OCCCC(=O)NCCCc1ccc(N(C)C)cc1. The number of ether oxygens (including phenoxy) is 2. The van der Waals surface area contributed by atoms with Crippen LogP contribution in [0.15, 0.2) is 42.5 Å². The van der Waals surface area contributed by atoms with Gasteiger partial charge >= 0.3 is 0 Å². The van der Waals surface area contributed by atoms with Crippen LogP contribution in [0.25, 0.3) is 0 Å². The molecule has 0 fully saturated rings. The summed E-state index contributed by atoms with van der Waals surface area (Å²) in [5, 5.41) is 11.9. The van der Waals surface area contributed by atoms with E-state index in [0.29, 0.717) is 43.1 Å². The van der Waals surface area contributed by atoms with Crippen LogP contribution in [-0.2, 0) is 11.2 Å². The lowest BCUT2D eigenvalue weighted by atomic mass is 10.1. The molecule has 0 radical (unpaired) electrons. The van der Waals surface area contributed by atoms with Crippen molar-refractivity contribution in [3.63, 3.8) is 0 Å². The molecule has 0 saturated carbocycles. The highest BCUT2D eigenvalue weighted by molar-refractivity contribution is 5.75. The van der Waals surface area contributed by atoms with Crippen LogP contribution in [0.4, 0.5) is 5.69 Å². The molecule has 0 bridgehead atoms. The van der Waals surface area contributed by atoms with Gasteiger partial charge in [0.05, 0.1) is 25.3 Å². The maximum Gasteiger partial charge on any atom is 0.220 e. The van der Waals surface area contributed by atoms with Crippen molar-refractivity contribution < 1.29 is 14.3 Å². The molecule has 0 spiro atoms. The molecule has 2 rings (SSSR count). The van der Waals surface area contributed by atoms with Gasteiger partial charge in [-0.1, -0.05) is 12.1 Å². The Morgan fingerprint density at radius 3 is 2.52 bits per heavy atom. The quantitative estimate of drug-likeness (QED) is 0.589. The van der Waals surface area contributed by atoms with Crippen molar-refractivity contribution in [3.05, 3.63) is 53.6 Å². The Morgan fingerprint density at radius 1 is 1.10 bits per heavy atom. The van der Waals surface area contributed by atoms with Crippen molar-refractivity contribution in [2.75, 3.05) is 39.3 Å². The number of nitriles is 1. The molecule has 0 aliphatic heterocycles. The molecule has 1 N–H and O–H groups in total. The minimum Gasteiger partial charge on any atom is -0.493 e. The molecule has 0 aliphatic carbocycles. The van der Waals surface area contributed by atoms with E-state index in [9.17, 15) is 4.79 Å². The molecule has 0 aliphatic rings. The molecule has 154 valence electrons. The Bertz CT molecular complexity index is 826. The number of carbonyl (C=O) groups is 1. The molecule has 6 heteroatoms. The summed E-state index contributed by atoms with van der Waals surface area (Å²) >= 11 is 0. The van der Waals surface area contributed by atoms with Gasteiger partial charge in [-0.05, 0) is 49.1 Å². The van der Waals surface area contributed by atoms with Crippen LogP contribution >= 0.6 is 0 Å². The number of benzene rings is 2. The average Bonchev–Trinajstić information content (AvgIpc) is 2.74. The Balaban J connectivity index is 1.61. The van der Waals surface area contributed by atoms with E-state index in [1.54, 1.807) is 18.2 Å². The molecule has 2 aromatic carbocycles. The van der Waals surface area contributed by atoms with E-state index in [1.807, 2.05) is 14.1 Å². The van der Waals surface area contributed by atoms with Crippen molar-refractivity contribution in [3.8, 4) is 17.6 Å². The maximum absolute atomic E-state index is 12.0. The van der Waals surface area contributed by atoms with Gasteiger partial charge in [0, 0.05) is 38.8 Å². The normalized spacial score (nSPS) is 10.1. The van der Waals surface area contributed by atoms with Gasteiger partial charge in [-0.2, -0.15) is 5.26 Å². The summed E-state index contributed by atoms with van der Waals surface area (Å²) in [7, 11) is 5.58. The van der Waals surface area contributed by atoms with E-state index >= 15 is 0 Å². The maximum atomic E-state index is 12.0. The van der Waals surface area contributed by atoms with Gasteiger partial charge in [-0.15, -0.1) is 0 Å². The molecular weight excluding hydrogens is 366 g/mol. The summed E-state index contributed by atoms with van der Waals surface area (Å²) < 4.78 is 10.9. The molecule has 2 aromatic rings. The first-order valence-corrected chi connectivity index (χ1v) is 9.77. The van der Waals surface area contributed by atoms with Gasteiger partial charge in [-0.25, -0.2) is 0 Å². The second kappa shape index (κ2) is 11.6. The predicted molar refractivity (Wildman–Crippen MR) is 115 cm³/mol. The molecule has 6 nitrogen and oxygen atoms in total. The van der Waals surface area contributed by atoms with Crippen molar-refractivity contribution in [2.45, 2.75) is 25.7 Å². The van der Waals surface area contributed by atoms with Crippen LogP contribution in [0.5, 0.6) is 11.5 Å². The summed E-state index contributed by atoms with van der Waals surface area (Å²) in [6.45, 7) is 1.08. The topological polar surface area (TPSA) is 74.6 Å². The number of carbonyl (C=O) groups excluding carboxylic acids is 1. The number of nitrogens with one attached hydrogen (secondary N) is 1. The van der Waals surface area contributed by atoms with Crippen LogP contribution < -0.4 is 19.7 Å². The monoisotopic (exact) mass is 395 g/mol.